The minimum atomic E-state index is -0.509. The lowest BCUT2D eigenvalue weighted by Crippen LogP contribution is -2.43. The number of thiophene rings is 1. The molecule has 3 heterocycles. The zero-order chi connectivity index (χ0) is 18.5. The summed E-state index contributed by atoms with van der Waals surface area (Å²) in [6.45, 7) is 4.19. The SMILES string of the molecule is CCCN1C[C@H](n2cc(C(=O)OC)nn2)C[C@H]1C(=O)NCc1cccs1. The van der Waals surface area contributed by atoms with Crippen molar-refractivity contribution in [2.75, 3.05) is 20.2 Å². The smallest absolute Gasteiger partial charge is 0.360 e. The molecule has 2 aromatic rings. The van der Waals surface area contributed by atoms with E-state index in [0.29, 0.717) is 19.5 Å². The van der Waals surface area contributed by atoms with Crippen molar-refractivity contribution in [2.24, 2.45) is 0 Å². The van der Waals surface area contributed by atoms with Crippen LogP contribution < -0.4 is 5.32 Å². The molecule has 1 aliphatic rings. The highest BCUT2D eigenvalue weighted by molar-refractivity contribution is 7.09. The van der Waals surface area contributed by atoms with E-state index in [4.69, 9.17) is 0 Å². The number of nitrogens with zero attached hydrogens (tertiary/aromatic N) is 4. The molecule has 0 radical (unpaired) electrons. The molecule has 0 aromatic carbocycles. The standard InChI is InChI=1S/C17H23N5O3S/c1-3-6-21-10-12(22-11-14(19-20-22)17(24)25-2)8-15(21)16(23)18-9-13-5-4-7-26-13/h4-5,7,11-12,15H,3,6,8-10H2,1-2H3,(H,18,23)/t12-,15+/m1/s1. The Morgan fingerprint density at radius 2 is 2.31 bits per heavy atom. The number of hydrogen-bond acceptors (Lipinski definition) is 7. The van der Waals surface area contributed by atoms with Gasteiger partial charge >= 0.3 is 5.97 Å². The van der Waals surface area contributed by atoms with Gasteiger partial charge in [0.1, 0.15) is 0 Å². The third kappa shape index (κ3) is 4.10. The van der Waals surface area contributed by atoms with Crippen molar-refractivity contribution in [2.45, 2.75) is 38.4 Å². The Morgan fingerprint density at radius 1 is 1.46 bits per heavy atom. The highest BCUT2D eigenvalue weighted by atomic mass is 32.1. The van der Waals surface area contributed by atoms with Crippen LogP contribution in [0.4, 0.5) is 0 Å². The van der Waals surface area contributed by atoms with Crippen molar-refractivity contribution in [1.29, 1.82) is 0 Å². The van der Waals surface area contributed by atoms with E-state index in [9.17, 15) is 9.59 Å². The molecular formula is C17H23N5O3S. The topological polar surface area (TPSA) is 89.3 Å². The molecule has 1 amide bonds. The van der Waals surface area contributed by atoms with Gasteiger partial charge in [0.05, 0.1) is 31.9 Å². The van der Waals surface area contributed by atoms with Crippen molar-refractivity contribution in [1.82, 2.24) is 25.2 Å². The number of ether oxygens (including phenoxy) is 1. The molecule has 8 nitrogen and oxygen atoms in total. The van der Waals surface area contributed by atoms with Crippen LogP contribution in [0, 0.1) is 0 Å². The Hall–Kier alpha value is -2.26. The van der Waals surface area contributed by atoms with Crippen molar-refractivity contribution in [3.05, 3.63) is 34.3 Å². The lowest BCUT2D eigenvalue weighted by molar-refractivity contribution is -0.125. The Balaban J connectivity index is 1.66. The minimum absolute atomic E-state index is 0.00458. The number of carbonyl (C=O) groups excluding carboxylic acids is 2. The molecule has 0 spiro atoms. The predicted molar refractivity (Wildman–Crippen MR) is 96.8 cm³/mol. The van der Waals surface area contributed by atoms with Gasteiger partial charge in [-0.1, -0.05) is 18.2 Å². The van der Waals surface area contributed by atoms with E-state index in [0.717, 1.165) is 17.8 Å². The molecule has 9 heteroatoms. The first-order valence-electron chi connectivity index (χ1n) is 8.66. The molecule has 0 saturated carbocycles. The fourth-order valence-electron chi connectivity index (χ4n) is 3.24. The normalized spacial score (nSPS) is 20.2. The second kappa shape index (κ2) is 8.41. The summed E-state index contributed by atoms with van der Waals surface area (Å²) in [6.07, 6.45) is 3.19. The maximum absolute atomic E-state index is 12.7. The number of esters is 1. The maximum atomic E-state index is 12.7. The number of nitrogens with one attached hydrogen (secondary N) is 1. The van der Waals surface area contributed by atoms with Crippen LogP contribution in [0.5, 0.6) is 0 Å². The molecule has 1 aliphatic heterocycles. The molecule has 2 aromatic heterocycles. The monoisotopic (exact) mass is 377 g/mol. The molecule has 1 fully saturated rings. The molecule has 26 heavy (non-hydrogen) atoms. The molecule has 1 N–H and O–H groups in total. The van der Waals surface area contributed by atoms with Crippen LogP contribution in [0.25, 0.3) is 0 Å². The van der Waals surface area contributed by atoms with Crippen LogP contribution >= 0.6 is 11.3 Å². The summed E-state index contributed by atoms with van der Waals surface area (Å²) >= 11 is 1.63. The second-order valence-corrected chi connectivity index (χ2v) is 7.31. The second-order valence-electron chi connectivity index (χ2n) is 6.27. The molecule has 2 atom stereocenters. The summed E-state index contributed by atoms with van der Waals surface area (Å²) in [4.78, 5) is 27.6. The van der Waals surface area contributed by atoms with Crippen LogP contribution in [0.15, 0.2) is 23.7 Å². The quantitative estimate of drug-likeness (QED) is 0.735. The van der Waals surface area contributed by atoms with Crippen LogP contribution in [0.1, 0.15) is 41.2 Å². The zero-order valence-electron chi connectivity index (χ0n) is 14.9. The summed E-state index contributed by atoms with van der Waals surface area (Å²) in [7, 11) is 1.31. The molecule has 0 bridgehead atoms. The number of amides is 1. The molecule has 1 saturated heterocycles. The molecular weight excluding hydrogens is 354 g/mol. The summed E-state index contributed by atoms with van der Waals surface area (Å²) < 4.78 is 6.34. The summed E-state index contributed by atoms with van der Waals surface area (Å²) in [5, 5.41) is 12.9. The third-order valence-corrected chi connectivity index (χ3v) is 5.37. The van der Waals surface area contributed by atoms with E-state index in [2.05, 4.69) is 32.2 Å². The van der Waals surface area contributed by atoms with Gasteiger partial charge in [0.2, 0.25) is 5.91 Å². The number of aromatic nitrogens is 3. The first kappa shape index (κ1) is 18.5. The zero-order valence-corrected chi connectivity index (χ0v) is 15.7. The molecule has 0 unspecified atom stereocenters. The lowest BCUT2D eigenvalue weighted by Gasteiger charge is -2.22. The Labute approximate surface area is 156 Å². The first-order chi connectivity index (χ1) is 12.6. The summed E-state index contributed by atoms with van der Waals surface area (Å²) in [6, 6.07) is 3.79. The Kier molecular flexibility index (Phi) is 6.00. The average molecular weight is 377 g/mol. The van der Waals surface area contributed by atoms with Crippen LogP contribution in [-0.2, 0) is 16.1 Å². The maximum Gasteiger partial charge on any atom is 0.360 e. The number of rotatable bonds is 7. The highest BCUT2D eigenvalue weighted by Crippen LogP contribution is 2.27. The van der Waals surface area contributed by atoms with E-state index in [1.54, 1.807) is 22.2 Å². The highest BCUT2D eigenvalue weighted by Gasteiger charge is 2.37. The Bertz CT molecular complexity index is 745. The van der Waals surface area contributed by atoms with Gasteiger partial charge in [0, 0.05) is 11.4 Å². The predicted octanol–water partition coefficient (Wildman–Crippen LogP) is 1.47. The van der Waals surface area contributed by atoms with Gasteiger partial charge in [-0.05, 0) is 30.8 Å². The van der Waals surface area contributed by atoms with Crippen molar-refractivity contribution < 1.29 is 14.3 Å². The van der Waals surface area contributed by atoms with Crippen LogP contribution in [0.3, 0.4) is 0 Å². The fourth-order valence-corrected chi connectivity index (χ4v) is 3.88. The number of hydrogen-bond donors (Lipinski definition) is 1. The minimum Gasteiger partial charge on any atom is -0.464 e. The van der Waals surface area contributed by atoms with Gasteiger partial charge in [-0.15, -0.1) is 16.4 Å². The van der Waals surface area contributed by atoms with Gasteiger partial charge in [-0.3, -0.25) is 9.69 Å². The van der Waals surface area contributed by atoms with E-state index in [1.165, 1.54) is 7.11 Å². The number of methoxy groups -OCH3 is 1. The van der Waals surface area contributed by atoms with E-state index < -0.39 is 5.97 Å². The largest absolute Gasteiger partial charge is 0.464 e. The first-order valence-corrected chi connectivity index (χ1v) is 9.54. The van der Waals surface area contributed by atoms with Crippen molar-refractivity contribution >= 4 is 23.2 Å². The van der Waals surface area contributed by atoms with E-state index in [-0.39, 0.29) is 23.7 Å². The summed E-state index contributed by atoms with van der Waals surface area (Å²) in [5.41, 5.74) is 0.181. The van der Waals surface area contributed by atoms with Gasteiger partial charge in [0.15, 0.2) is 5.69 Å². The van der Waals surface area contributed by atoms with Crippen LogP contribution in [0.2, 0.25) is 0 Å². The molecule has 0 aliphatic carbocycles. The molecule has 140 valence electrons. The van der Waals surface area contributed by atoms with Crippen LogP contribution in [-0.4, -0.2) is 58.0 Å². The van der Waals surface area contributed by atoms with Gasteiger partial charge in [-0.25, -0.2) is 9.48 Å². The summed E-state index contributed by atoms with van der Waals surface area (Å²) in [5.74, 6) is -0.479. The number of carbonyl (C=O) groups is 2. The fraction of sp³-hybridized carbons (Fsp3) is 0.529. The third-order valence-electron chi connectivity index (χ3n) is 4.49. The van der Waals surface area contributed by atoms with E-state index >= 15 is 0 Å². The lowest BCUT2D eigenvalue weighted by atomic mass is 10.1. The van der Waals surface area contributed by atoms with Crippen molar-refractivity contribution in [3.63, 3.8) is 0 Å². The van der Waals surface area contributed by atoms with Gasteiger partial charge in [-0.2, -0.15) is 0 Å². The van der Waals surface area contributed by atoms with E-state index in [1.807, 2.05) is 17.5 Å². The Morgan fingerprint density at radius 3 is 3.00 bits per heavy atom. The molecule has 3 rings (SSSR count). The average Bonchev–Trinajstić information content (AvgIpc) is 3.38. The van der Waals surface area contributed by atoms with Gasteiger partial charge in [0.25, 0.3) is 0 Å². The van der Waals surface area contributed by atoms with Gasteiger partial charge < -0.3 is 10.1 Å². The number of likely N-dealkylation sites (tertiary alicyclic amines) is 1. The van der Waals surface area contributed by atoms with Crippen molar-refractivity contribution in [3.8, 4) is 0 Å².